The number of ether oxygens (including phenoxy) is 1. The van der Waals surface area contributed by atoms with Gasteiger partial charge in [-0.1, -0.05) is 42.5 Å². The maximum absolute atomic E-state index is 12.5. The molecule has 0 radical (unpaired) electrons. The van der Waals surface area contributed by atoms with E-state index in [1.165, 1.54) is 0 Å². The van der Waals surface area contributed by atoms with Crippen LogP contribution in [0.4, 0.5) is 0 Å². The predicted octanol–water partition coefficient (Wildman–Crippen LogP) is 3.47. The van der Waals surface area contributed by atoms with E-state index in [1.807, 2.05) is 37.3 Å². The van der Waals surface area contributed by atoms with Crippen molar-refractivity contribution in [1.29, 1.82) is 0 Å². The van der Waals surface area contributed by atoms with E-state index in [-0.39, 0.29) is 24.5 Å². The highest BCUT2D eigenvalue weighted by atomic mass is 16.5. The third-order valence-corrected chi connectivity index (χ3v) is 4.13. The van der Waals surface area contributed by atoms with Crippen LogP contribution in [0.3, 0.4) is 0 Å². The van der Waals surface area contributed by atoms with E-state index in [9.17, 15) is 9.59 Å². The molecule has 2 aromatic carbocycles. The Labute approximate surface area is 163 Å². The molecule has 28 heavy (non-hydrogen) atoms. The van der Waals surface area contributed by atoms with Crippen molar-refractivity contribution in [2.45, 2.75) is 19.5 Å². The normalized spacial score (nSPS) is 11.5. The first kappa shape index (κ1) is 19.2. The first-order valence-electron chi connectivity index (χ1n) is 9.00. The molecule has 0 bridgehead atoms. The van der Waals surface area contributed by atoms with Gasteiger partial charge in [-0.15, -0.1) is 0 Å². The average Bonchev–Trinajstić information content (AvgIpc) is 3.26. The zero-order valence-corrected chi connectivity index (χ0v) is 15.6. The Hall–Kier alpha value is -3.54. The number of carbonyl (C=O) groups is 2. The summed E-state index contributed by atoms with van der Waals surface area (Å²) in [6.07, 6.45) is 1.55. The number of furan rings is 1. The molecular formula is C22H22N2O4. The van der Waals surface area contributed by atoms with E-state index >= 15 is 0 Å². The molecule has 0 saturated heterocycles. The molecule has 0 aliphatic carbocycles. The molecular weight excluding hydrogens is 356 g/mol. The Morgan fingerprint density at radius 3 is 2.50 bits per heavy atom. The lowest BCUT2D eigenvalue weighted by Crippen LogP contribution is -2.31. The Bertz CT molecular complexity index is 907. The van der Waals surface area contributed by atoms with Crippen LogP contribution in [-0.2, 0) is 11.3 Å². The SMILES string of the molecule is CC(NC(=O)COc1ccccc1C(=O)NCc1ccccc1)c1ccco1. The van der Waals surface area contributed by atoms with Crippen LogP contribution in [0.2, 0.25) is 0 Å². The van der Waals surface area contributed by atoms with Crippen LogP contribution in [0.15, 0.2) is 77.4 Å². The number of benzene rings is 2. The fourth-order valence-corrected chi connectivity index (χ4v) is 2.69. The summed E-state index contributed by atoms with van der Waals surface area (Å²) in [5.74, 6) is 0.454. The molecule has 1 heterocycles. The maximum atomic E-state index is 12.5. The van der Waals surface area contributed by atoms with E-state index in [0.29, 0.717) is 23.6 Å². The molecule has 3 aromatic rings. The van der Waals surface area contributed by atoms with E-state index in [4.69, 9.17) is 9.15 Å². The summed E-state index contributed by atoms with van der Waals surface area (Å²) in [4.78, 5) is 24.6. The monoisotopic (exact) mass is 378 g/mol. The third kappa shape index (κ3) is 5.23. The highest BCUT2D eigenvalue weighted by Crippen LogP contribution is 2.18. The maximum Gasteiger partial charge on any atom is 0.258 e. The van der Waals surface area contributed by atoms with Crippen LogP contribution in [0.5, 0.6) is 5.75 Å². The lowest BCUT2D eigenvalue weighted by molar-refractivity contribution is -0.123. The van der Waals surface area contributed by atoms with Crippen LogP contribution in [-0.4, -0.2) is 18.4 Å². The van der Waals surface area contributed by atoms with Gasteiger partial charge in [-0.25, -0.2) is 0 Å². The van der Waals surface area contributed by atoms with Crippen molar-refractivity contribution in [1.82, 2.24) is 10.6 Å². The van der Waals surface area contributed by atoms with Crippen LogP contribution in [0, 0.1) is 0 Å². The molecule has 144 valence electrons. The molecule has 1 atom stereocenters. The molecule has 2 amide bonds. The predicted molar refractivity (Wildman–Crippen MR) is 105 cm³/mol. The molecule has 2 N–H and O–H groups in total. The zero-order valence-electron chi connectivity index (χ0n) is 15.6. The van der Waals surface area contributed by atoms with Crippen LogP contribution < -0.4 is 15.4 Å². The quantitative estimate of drug-likeness (QED) is 0.629. The second-order valence-corrected chi connectivity index (χ2v) is 6.26. The minimum atomic E-state index is -0.302. The van der Waals surface area contributed by atoms with E-state index in [1.54, 1.807) is 42.7 Å². The molecule has 0 fully saturated rings. The lowest BCUT2D eigenvalue weighted by Gasteiger charge is -2.14. The molecule has 0 spiro atoms. The Kier molecular flexibility index (Phi) is 6.46. The molecule has 0 aliphatic rings. The Balaban J connectivity index is 1.55. The van der Waals surface area contributed by atoms with Crippen molar-refractivity contribution in [2.24, 2.45) is 0 Å². The molecule has 1 aromatic heterocycles. The number of hydrogen-bond donors (Lipinski definition) is 2. The minimum absolute atomic E-state index is 0.200. The van der Waals surface area contributed by atoms with Gasteiger partial charge in [0.15, 0.2) is 6.61 Å². The number of nitrogens with one attached hydrogen (secondary N) is 2. The number of carbonyl (C=O) groups excluding carboxylic acids is 2. The number of para-hydroxylation sites is 1. The van der Waals surface area contributed by atoms with Gasteiger partial charge in [-0.05, 0) is 36.8 Å². The fraction of sp³-hybridized carbons (Fsp3) is 0.182. The van der Waals surface area contributed by atoms with Crippen molar-refractivity contribution >= 4 is 11.8 Å². The van der Waals surface area contributed by atoms with E-state index < -0.39 is 0 Å². The minimum Gasteiger partial charge on any atom is -0.483 e. The average molecular weight is 378 g/mol. The van der Waals surface area contributed by atoms with Gasteiger partial charge in [-0.2, -0.15) is 0 Å². The standard InChI is InChI=1S/C22H22N2O4/c1-16(19-12-7-13-27-19)24-21(25)15-28-20-11-6-5-10-18(20)22(26)23-14-17-8-3-2-4-9-17/h2-13,16H,14-15H2,1H3,(H,23,26)(H,24,25). The van der Waals surface area contributed by atoms with Crippen LogP contribution in [0.1, 0.15) is 34.6 Å². The molecule has 3 rings (SSSR count). The smallest absolute Gasteiger partial charge is 0.258 e. The summed E-state index contributed by atoms with van der Waals surface area (Å²) in [6, 6.07) is 19.8. The van der Waals surface area contributed by atoms with Gasteiger partial charge in [0.05, 0.1) is 17.9 Å². The summed E-state index contributed by atoms with van der Waals surface area (Å²) in [6.45, 7) is 2.03. The van der Waals surface area contributed by atoms with E-state index in [2.05, 4.69) is 10.6 Å². The molecule has 0 saturated carbocycles. The van der Waals surface area contributed by atoms with Gasteiger partial charge in [0.2, 0.25) is 0 Å². The Morgan fingerprint density at radius 2 is 1.75 bits per heavy atom. The summed E-state index contributed by atoms with van der Waals surface area (Å²) >= 11 is 0. The van der Waals surface area contributed by atoms with Crippen molar-refractivity contribution in [3.63, 3.8) is 0 Å². The molecule has 6 nitrogen and oxygen atoms in total. The fourth-order valence-electron chi connectivity index (χ4n) is 2.69. The molecule has 0 aliphatic heterocycles. The van der Waals surface area contributed by atoms with Crippen LogP contribution in [0.25, 0.3) is 0 Å². The van der Waals surface area contributed by atoms with Gasteiger partial charge in [0, 0.05) is 6.54 Å². The summed E-state index contributed by atoms with van der Waals surface area (Å²) in [5.41, 5.74) is 1.38. The van der Waals surface area contributed by atoms with Gasteiger partial charge >= 0.3 is 0 Å². The second-order valence-electron chi connectivity index (χ2n) is 6.26. The van der Waals surface area contributed by atoms with Crippen molar-refractivity contribution < 1.29 is 18.7 Å². The first-order chi connectivity index (χ1) is 13.6. The van der Waals surface area contributed by atoms with Crippen molar-refractivity contribution in [2.75, 3.05) is 6.61 Å². The summed E-state index contributed by atoms with van der Waals surface area (Å²) in [5, 5.41) is 5.65. The first-order valence-corrected chi connectivity index (χ1v) is 9.00. The highest BCUT2D eigenvalue weighted by Gasteiger charge is 2.15. The van der Waals surface area contributed by atoms with Gasteiger partial charge in [0.1, 0.15) is 11.5 Å². The summed E-state index contributed by atoms with van der Waals surface area (Å²) in [7, 11) is 0. The lowest BCUT2D eigenvalue weighted by atomic mass is 10.1. The highest BCUT2D eigenvalue weighted by molar-refractivity contribution is 5.97. The topological polar surface area (TPSA) is 80.6 Å². The Morgan fingerprint density at radius 1 is 1.00 bits per heavy atom. The molecule has 6 heteroatoms. The van der Waals surface area contributed by atoms with Gasteiger partial charge < -0.3 is 19.8 Å². The van der Waals surface area contributed by atoms with Crippen LogP contribution >= 0.6 is 0 Å². The van der Waals surface area contributed by atoms with Crippen molar-refractivity contribution in [3.05, 3.63) is 89.9 Å². The largest absolute Gasteiger partial charge is 0.483 e. The molecule has 1 unspecified atom stereocenters. The third-order valence-electron chi connectivity index (χ3n) is 4.13. The van der Waals surface area contributed by atoms with E-state index in [0.717, 1.165) is 5.56 Å². The summed E-state index contributed by atoms with van der Waals surface area (Å²) < 4.78 is 10.9. The number of hydrogen-bond acceptors (Lipinski definition) is 4. The zero-order chi connectivity index (χ0) is 19.8. The number of amides is 2. The number of rotatable bonds is 8. The van der Waals surface area contributed by atoms with Crippen molar-refractivity contribution in [3.8, 4) is 5.75 Å². The second kappa shape index (κ2) is 9.41. The van der Waals surface area contributed by atoms with Gasteiger partial charge in [-0.3, -0.25) is 9.59 Å². The van der Waals surface area contributed by atoms with Gasteiger partial charge in [0.25, 0.3) is 11.8 Å².